The Morgan fingerprint density at radius 1 is 1.07 bits per heavy atom. The second-order valence-electron chi connectivity index (χ2n) is 8.47. The highest BCUT2D eigenvalue weighted by atomic mass is 19.1. The molecule has 2 fully saturated rings. The van der Waals surface area contributed by atoms with E-state index in [-0.39, 0.29) is 35.2 Å². The van der Waals surface area contributed by atoms with Crippen LogP contribution in [-0.2, 0) is 0 Å². The summed E-state index contributed by atoms with van der Waals surface area (Å²) in [5.41, 5.74) is 2.23. The van der Waals surface area contributed by atoms with Gasteiger partial charge >= 0.3 is 0 Å². The van der Waals surface area contributed by atoms with E-state index in [1.165, 1.54) is 6.07 Å². The predicted octanol–water partition coefficient (Wildman–Crippen LogP) is 5.22. The zero-order valence-electron chi connectivity index (χ0n) is 16.6. The number of hydrogen-bond donors (Lipinski definition) is 1. The van der Waals surface area contributed by atoms with Gasteiger partial charge in [0, 0.05) is 18.1 Å². The zero-order chi connectivity index (χ0) is 20.7. The van der Waals surface area contributed by atoms with Gasteiger partial charge < -0.3 is 4.98 Å². The molecule has 0 spiro atoms. The van der Waals surface area contributed by atoms with Crippen LogP contribution in [0.25, 0.3) is 11.4 Å². The molecule has 2 aliphatic rings. The quantitative estimate of drug-likeness (QED) is 0.551. The SMILES string of the molecule is O=C(C[C@@H](c1ccc(C2CC2)c(F)c1)C1CC1)c1cc(=O)[nH]c(-c2ccccc2)n1. The van der Waals surface area contributed by atoms with Crippen molar-refractivity contribution in [2.45, 2.75) is 43.9 Å². The summed E-state index contributed by atoms with van der Waals surface area (Å²) < 4.78 is 14.6. The van der Waals surface area contributed by atoms with E-state index in [1.807, 2.05) is 42.5 Å². The van der Waals surface area contributed by atoms with Crippen LogP contribution in [0.1, 0.15) is 65.6 Å². The van der Waals surface area contributed by atoms with E-state index in [4.69, 9.17) is 0 Å². The third-order valence-corrected chi connectivity index (χ3v) is 6.14. The predicted molar refractivity (Wildman–Crippen MR) is 113 cm³/mol. The Labute approximate surface area is 174 Å². The standard InChI is InChI=1S/C25H23FN2O2/c26-21-12-18(10-11-19(21)15-6-7-15)20(16-8-9-16)13-23(29)22-14-24(30)28-25(27-22)17-4-2-1-3-5-17/h1-5,10-12,14-16,20H,6-9,13H2,(H,27,28,30)/t20-/m1/s1. The van der Waals surface area contributed by atoms with Crippen molar-refractivity contribution in [3.8, 4) is 11.4 Å². The molecule has 0 bridgehead atoms. The lowest BCUT2D eigenvalue weighted by molar-refractivity contribution is 0.0965. The van der Waals surface area contributed by atoms with Crippen LogP contribution in [0.15, 0.2) is 59.4 Å². The fraction of sp³-hybridized carbons (Fsp3) is 0.320. The molecule has 30 heavy (non-hydrogen) atoms. The van der Waals surface area contributed by atoms with E-state index in [9.17, 15) is 14.0 Å². The van der Waals surface area contributed by atoms with E-state index in [0.717, 1.165) is 42.4 Å². The number of nitrogens with zero attached hydrogens (tertiary/aromatic N) is 1. The summed E-state index contributed by atoms with van der Waals surface area (Å²) in [7, 11) is 0. The molecule has 1 heterocycles. The van der Waals surface area contributed by atoms with Gasteiger partial charge in [0.15, 0.2) is 5.78 Å². The maximum Gasteiger partial charge on any atom is 0.251 e. The van der Waals surface area contributed by atoms with Crippen LogP contribution in [0.5, 0.6) is 0 Å². The van der Waals surface area contributed by atoms with Crippen LogP contribution in [0, 0.1) is 11.7 Å². The number of benzene rings is 2. The summed E-state index contributed by atoms with van der Waals surface area (Å²) in [5.74, 6) is 0.749. The molecule has 152 valence electrons. The lowest BCUT2D eigenvalue weighted by atomic mass is 9.87. The van der Waals surface area contributed by atoms with Gasteiger partial charge in [0.2, 0.25) is 0 Å². The summed E-state index contributed by atoms with van der Waals surface area (Å²) in [4.78, 5) is 32.3. The molecule has 0 aliphatic heterocycles. The van der Waals surface area contributed by atoms with Crippen molar-refractivity contribution in [2.75, 3.05) is 0 Å². The number of carbonyl (C=O) groups excluding carboxylic acids is 1. The molecule has 1 aromatic heterocycles. The van der Waals surface area contributed by atoms with Gasteiger partial charge in [-0.25, -0.2) is 9.37 Å². The van der Waals surface area contributed by atoms with Gasteiger partial charge in [-0.1, -0.05) is 42.5 Å². The summed E-state index contributed by atoms with van der Waals surface area (Å²) in [5, 5.41) is 0. The minimum Gasteiger partial charge on any atom is -0.306 e. The molecule has 2 saturated carbocycles. The fourth-order valence-corrected chi connectivity index (χ4v) is 4.19. The van der Waals surface area contributed by atoms with E-state index in [1.54, 1.807) is 6.07 Å². The molecule has 1 atom stereocenters. The van der Waals surface area contributed by atoms with Crippen molar-refractivity contribution in [3.63, 3.8) is 0 Å². The molecule has 4 nitrogen and oxygen atoms in total. The molecule has 1 N–H and O–H groups in total. The molecular weight excluding hydrogens is 379 g/mol. The Morgan fingerprint density at radius 3 is 2.50 bits per heavy atom. The van der Waals surface area contributed by atoms with Crippen molar-refractivity contribution in [3.05, 3.63) is 87.6 Å². The second kappa shape index (κ2) is 7.63. The molecule has 2 aliphatic carbocycles. The number of rotatable bonds is 7. The highest BCUT2D eigenvalue weighted by Gasteiger charge is 2.35. The Morgan fingerprint density at radius 2 is 1.83 bits per heavy atom. The molecule has 2 aromatic carbocycles. The summed E-state index contributed by atoms with van der Waals surface area (Å²) in [6.45, 7) is 0. The molecular formula is C25H23FN2O2. The number of aromatic amines is 1. The highest BCUT2D eigenvalue weighted by molar-refractivity contribution is 5.95. The van der Waals surface area contributed by atoms with E-state index < -0.39 is 0 Å². The van der Waals surface area contributed by atoms with E-state index >= 15 is 0 Å². The Bertz CT molecular complexity index is 1150. The van der Waals surface area contributed by atoms with Crippen molar-refractivity contribution >= 4 is 5.78 Å². The average Bonchev–Trinajstić information content (AvgIpc) is 3.65. The largest absolute Gasteiger partial charge is 0.306 e. The molecule has 3 aromatic rings. The lowest BCUT2D eigenvalue weighted by Crippen LogP contribution is -2.16. The smallest absolute Gasteiger partial charge is 0.251 e. The Kier molecular flexibility index (Phi) is 4.81. The van der Waals surface area contributed by atoms with Gasteiger partial charge in [0.05, 0.1) is 0 Å². The van der Waals surface area contributed by atoms with Crippen LogP contribution in [0.2, 0.25) is 0 Å². The molecule has 0 amide bonds. The first-order chi connectivity index (χ1) is 14.6. The maximum atomic E-state index is 14.6. The summed E-state index contributed by atoms with van der Waals surface area (Å²) >= 11 is 0. The van der Waals surface area contributed by atoms with Crippen molar-refractivity contribution in [1.29, 1.82) is 0 Å². The summed E-state index contributed by atoms with van der Waals surface area (Å²) in [6, 6.07) is 16.0. The minimum absolute atomic E-state index is 0.0403. The van der Waals surface area contributed by atoms with Crippen LogP contribution in [0.3, 0.4) is 0 Å². The molecule has 5 heteroatoms. The van der Waals surface area contributed by atoms with Crippen LogP contribution >= 0.6 is 0 Å². The van der Waals surface area contributed by atoms with Gasteiger partial charge in [-0.2, -0.15) is 0 Å². The average molecular weight is 402 g/mol. The van der Waals surface area contributed by atoms with E-state index in [2.05, 4.69) is 9.97 Å². The zero-order valence-corrected chi connectivity index (χ0v) is 16.6. The van der Waals surface area contributed by atoms with Crippen LogP contribution in [0.4, 0.5) is 4.39 Å². The number of aromatic nitrogens is 2. The second-order valence-corrected chi connectivity index (χ2v) is 8.47. The number of Topliss-reactive ketones (excluding diaryl/α,β-unsaturated/α-hetero) is 1. The van der Waals surface area contributed by atoms with Crippen LogP contribution < -0.4 is 5.56 Å². The highest BCUT2D eigenvalue weighted by Crippen LogP contribution is 2.46. The Hall–Kier alpha value is -3.08. The molecule has 0 unspecified atom stereocenters. The number of ketones is 1. The third kappa shape index (κ3) is 3.97. The lowest BCUT2D eigenvalue weighted by Gasteiger charge is -2.17. The number of halogens is 1. The van der Waals surface area contributed by atoms with E-state index in [0.29, 0.717) is 17.7 Å². The number of H-pyrrole nitrogens is 1. The number of hydrogen-bond acceptors (Lipinski definition) is 3. The van der Waals surface area contributed by atoms with Gasteiger partial charge in [0.25, 0.3) is 5.56 Å². The first-order valence-corrected chi connectivity index (χ1v) is 10.6. The molecule has 0 radical (unpaired) electrons. The van der Waals surface area contributed by atoms with Gasteiger partial charge in [-0.15, -0.1) is 0 Å². The van der Waals surface area contributed by atoms with Crippen molar-refractivity contribution < 1.29 is 9.18 Å². The normalized spacial score (nSPS) is 17.0. The maximum absolute atomic E-state index is 14.6. The van der Waals surface area contributed by atoms with Gasteiger partial charge in [-0.05, 0) is 60.6 Å². The van der Waals surface area contributed by atoms with Crippen molar-refractivity contribution in [1.82, 2.24) is 9.97 Å². The molecule has 0 saturated heterocycles. The fourth-order valence-electron chi connectivity index (χ4n) is 4.19. The van der Waals surface area contributed by atoms with Gasteiger partial charge in [0.1, 0.15) is 17.3 Å². The van der Waals surface area contributed by atoms with Gasteiger partial charge in [-0.3, -0.25) is 9.59 Å². The monoisotopic (exact) mass is 402 g/mol. The topological polar surface area (TPSA) is 62.8 Å². The molecule has 5 rings (SSSR count). The first-order valence-electron chi connectivity index (χ1n) is 10.6. The third-order valence-electron chi connectivity index (χ3n) is 6.14. The number of carbonyl (C=O) groups is 1. The summed E-state index contributed by atoms with van der Waals surface area (Å²) in [6.07, 6.45) is 4.43. The van der Waals surface area contributed by atoms with Crippen molar-refractivity contribution in [2.24, 2.45) is 5.92 Å². The number of nitrogens with one attached hydrogen (secondary N) is 1. The Balaban J connectivity index is 1.41. The first kappa shape index (κ1) is 18.9. The van der Waals surface area contributed by atoms with Crippen LogP contribution in [-0.4, -0.2) is 15.8 Å². The minimum atomic E-state index is -0.352.